The SMILES string of the molecule is CCC(=O)Nc1ccc(S(=O)(=O)Nc2ccccc2-c2cn3c(n2)CCCC3)cc1. The van der Waals surface area contributed by atoms with Crippen LogP contribution in [0.3, 0.4) is 0 Å². The molecule has 2 aromatic carbocycles. The first-order valence-electron chi connectivity index (χ1n) is 10.0. The van der Waals surface area contributed by atoms with Crippen molar-refractivity contribution in [3.63, 3.8) is 0 Å². The lowest BCUT2D eigenvalue weighted by Crippen LogP contribution is -2.14. The predicted octanol–water partition coefficient (Wildman–Crippen LogP) is 4.04. The molecule has 1 aliphatic rings. The van der Waals surface area contributed by atoms with Crippen molar-refractivity contribution >= 4 is 27.3 Å². The van der Waals surface area contributed by atoms with Crippen molar-refractivity contribution in [2.45, 2.75) is 44.0 Å². The second kappa shape index (κ2) is 8.31. The highest BCUT2D eigenvalue weighted by Gasteiger charge is 2.19. The van der Waals surface area contributed by atoms with Crippen molar-refractivity contribution in [1.82, 2.24) is 9.55 Å². The number of hydrogen-bond acceptors (Lipinski definition) is 4. The minimum Gasteiger partial charge on any atom is -0.334 e. The Morgan fingerprint density at radius 3 is 2.60 bits per heavy atom. The van der Waals surface area contributed by atoms with Crippen molar-refractivity contribution in [2.75, 3.05) is 10.0 Å². The Bertz CT molecular complexity index is 1140. The molecule has 0 spiro atoms. The molecule has 156 valence electrons. The van der Waals surface area contributed by atoms with E-state index < -0.39 is 10.0 Å². The number of fused-ring (bicyclic) bond motifs is 1. The van der Waals surface area contributed by atoms with Crippen LogP contribution in [0, 0.1) is 0 Å². The van der Waals surface area contributed by atoms with Gasteiger partial charge in [-0.2, -0.15) is 0 Å². The number of nitrogens with one attached hydrogen (secondary N) is 2. The topological polar surface area (TPSA) is 93.1 Å². The van der Waals surface area contributed by atoms with Gasteiger partial charge in [-0.1, -0.05) is 25.1 Å². The molecule has 0 saturated heterocycles. The number of imidazole rings is 1. The Kier molecular flexibility index (Phi) is 5.59. The number of carbonyl (C=O) groups is 1. The summed E-state index contributed by atoms with van der Waals surface area (Å²) in [7, 11) is -3.79. The number of aromatic nitrogens is 2. The minimum absolute atomic E-state index is 0.121. The zero-order valence-electron chi connectivity index (χ0n) is 16.8. The fourth-order valence-corrected chi connectivity index (χ4v) is 4.59. The van der Waals surface area contributed by atoms with Crippen molar-refractivity contribution in [3.05, 3.63) is 60.6 Å². The van der Waals surface area contributed by atoms with Crippen LogP contribution >= 0.6 is 0 Å². The van der Waals surface area contributed by atoms with E-state index >= 15 is 0 Å². The van der Waals surface area contributed by atoms with Gasteiger partial charge in [-0.15, -0.1) is 0 Å². The van der Waals surface area contributed by atoms with Crippen molar-refractivity contribution in [2.24, 2.45) is 0 Å². The van der Waals surface area contributed by atoms with E-state index in [1.807, 2.05) is 18.3 Å². The third-order valence-corrected chi connectivity index (χ3v) is 6.51. The van der Waals surface area contributed by atoms with E-state index in [1.54, 1.807) is 31.2 Å². The molecule has 7 nitrogen and oxygen atoms in total. The van der Waals surface area contributed by atoms with Gasteiger partial charge in [0.1, 0.15) is 5.82 Å². The second-order valence-electron chi connectivity index (χ2n) is 7.27. The van der Waals surface area contributed by atoms with Crippen LogP contribution in [0.1, 0.15) is 32.0 Å². The molecule has 4 rings (SSSR count). The number of anilines is 2. The van der Waals surface area contributed by atoms with Gasteiger partial charge in [-0.25, -0.2) is 13.4 Å². The molecule has 0 unspecified atom stereocenters. The molecule has 0 radical (unpaired) electrons. The van der Waals surface area contributed by atoms with Gasteiger partial charge in [-0.3, -0.25) is 9.52 Å². The average molecular weight is 425 g/mol. The maximum Gasteiger partial charge on any atom is 0.261 e. The maximum atomic E-state index is 12.9. The molecule has 0 atom stereocenters. The number of aryl methyl sites for hydroxylation is 2. The molecule has 0 aliphatic carbocycles. The molecule has 3 aromatic rings. The molecule has 1 amide bonds. The fraction of sp³-hybridized carbons (Fsp3) is 0.273. The molecule has 30 heavy (non-hydrogen) atoms. The van der Waals surface area contributed by atoms with E-state index in [2.05, 4.69) is 14.6 Å². The summed E-state index contributed by atoms with van der Waals surface area (Å²) in [6.45, 7) is 2.70. The van der Waals surface area contributed by atoms with Gasteiger partial charge >= 0.3 is 0 Å². The van der Waals surface area contributed by atoms with Crippen LogP contribution in [-0.4, -0.2) is 23.9 Å². The molecule has 0 fully saturated rings. The van der Waals surface area contributed by atoms with E-state index in [4.69, 9.17) is 4.98 Å². The lowest BCUT2D eigenvalue weighted by Gasteiger charge is -2.12. The molecule has 0 saturated carbocycles. The van der Waals surface area contributed by atoms with Gasteiger partial charge < -0.3 is 9.88 Å². The van der Waals surface area contributed by atoms with Gasteiger partial charge in [0.25, 0.3) is 10.0 Å². The van der Waals surface area contributed by atoms with Crippen LogP contribution in [0.2, 0.25) is 0 Å². The lowest BCUT2D eigenvalue weighted by molar-refractivity contribution is -0.115. The third-order valence-electron chi connectivity index (χ3n) is 5.13. The lowest BCUT2D eigenvalue weighted by atomic mass is 10.1. The van der Waals surface area contributed by atoms with Crippen molar-refractivity contribution in [1.29, 1.82) is 0 Å². The molecule has 8 heteroatoms. The van der Waals surface area contributed by atoms with Crippen LogP contribution in [0.25, 0.3) is 11.3 Å². The largest absolute Gasteiger partial charge is 0.334 e. The zero-order chi connectivity index (χ0) is 21.1. The number of hydrogen-bond donors (Lipinski definition) is 2. The number of carbonyl (C=O) groups excluding carboxylic acids is 1. The van der Waals surface area contributed by atoms with Gasteiger partial charge in [-0.05, 0) is 43.2 Å². The van der Waals surface area contributed by atoms with E-state index in [9.17, 15) is 13.2 Å². The summed E-state index contributed by atoms with van der Waals surface area (Å²) in [5, 5.41) is 2.71. The van der Waals surface area contributed by atoms with E-state index in [-0.39, 0.29) is 10.8 Å². The summed E-state index contributed by atoms with van der Waals surface area (Å²) in [5.74, 6) is 0.916. The quantitative estimate of drug-likeness (QED) is 0.625. The molecular weight excluding hydrogens is 400 g/mol. The molecule has 2 heterocycles. The fourth-order valence-electron chi connectivity index (χ4n) is 3.51. The molecular formula is C22H24N4O3S. The van der Waals surface area contributed by atoms with Crippen molar-refractivity contribution in [3.8, 4) is 11.3 Å². The number of para-hydroxylation sites is 1. The Morgan fingerprint density at radius 2 is 1.87 bits per heavy atom. The summed E-state index contributed by atoms with van der Waals surface area (Å²) in [4.78, 5) is 16.3. The van der Waals surface area contributed by atoms with Crippen LogP contribution < -0.4 is 10.0 Å². The number of sulfonamides is 1. The number of benzene rings is 2. The molecule has 2 N–H and O–H groups in total. The normalized spacial score (nSPS) is 13.5. The highest BCUT2D eigenvalue weighted by molar-refractivity contribution is 7.92. The highest BCUT2D eigenvalue weighted by Crippen LogP contribution is 2.30. The van der Waals surface area contributed by atoms with Gasteiger partial charge in [0, 0.05) is 36.8 Å². The summed E-state index contributed by atoms with van der Waals surface area (Å²) < 4.78 is 30.7. The predicted molar refractivity (Wildman–Crippen MR) is 117 cm³/mol. The Labute approximate surface area is 176 Å². The van der Waals surface area contributed by atoms with E-state index in [0.29, 0.717) is 17.8 Å². The Hall–Kier alpha value is -3.13. The zero-order valence-corrected chi connectivity index (χ0v) is 17.6. The molecule has 0 bridgehead atoms. The van der Waals surface area contributed by atoms with Crippen molar-refractivity contribution < 1.29 is 13.2 Å². The smallest absolute Gasteiger partial charge is 0.261 e. The maximum absolute atomic E-state index is 12.9. The molecule has 1 aliphatic heterocycles. The third kappa shape index (κ3) is 4.23. The van der Waals surface area contributed by atoms with E-state index in [0.717, 1.165) is 42.9 Å². The van der Waals surface area contributed by atoms with E-state index in [1.165, 1.54) is 12.1 Å². The monoisotopic (exact) mass is 424 g/mol. The Morgan fingerprint density at radius 1 is 1.10 bits per heavy atom. The van der Waals surface area contributed by atoms with Gasteiger partial charge in [0.05, 0.1) is 16.3 Å². The van der Waals surface area contributed by atoms with Gasteiger partial charge in [0.2, 0.25) is 5.91 Å². The van der Waals surface area contributed by atoms with Crippen LogP contribution in [0.15, 0.2) is 59.6 Å². The number of rotatable bonds is 6. The summed E-state index contributed by atoms with van der Waals surface area (Å²) in [6, 6.07) is 13.4. The van der Waals surface area contributed by atoms with Crippen LogP contribution in [0.4, 0.5) is 11.4 Å². The van der Waals surface area contributed by atoms with Crippen LogP contribution in [-0.2, 0) is 27.8 Å². The highest BCUT2D eigenvalue weighted by atomic mass is 32.2. The summed E-state index contributed by atoms with van der Waals surface area (Å²) in [5.41, 5.74) is 2.55. The molecule has 1 aromatic heterocycles. The minimum atomic E-state index is -3.79. The first kappa shape index (κ1) is 20.2. The van der Waals surface area contributed by atoms with Gasteiger partial charge in [0.15, 0.2) is 0 Å². The first-order valence-corrected chi connectivity index (χ1v) is 11.5. The summed E-state index contributed by atoms with van der Waals surface area (Å²) in [6.07, 6.45) is 5.54. The Balaban J connectivity index is 1.60. The van der Waals surface area contributed by atoms with Crippen LogP contribution in [0.5, 0.6) is 0 Å². The first-order chi connectivity index (χ1) is 14.5. The number of amides is 1. The average Bonchev–Trinajstić information content (AvgIpc) is 3.18. The standard InChI is InChI=1S/C22H24N4O3S/c1-2-22(27)23-16-10-12-17(13-11-16)30(28,29)25-19-8-4-3-7-18(19)20-15-26-14-6-5-9-21(26)24-20/h3-4,7-8,10-13,15,25H,2,5-6,9,14H2,1H3,(H,23,27). The number of nitrogens with zero attached hydrogens (tertiary/aromatic N) is 2. The second-order valence-corrected chi connectivity index (χ2v) is 8.95. The summed E-state index contributed by atoms with van der Waals surface area (Å²) >= 11 is 0.